The van der Waals surface area contributed by atoms with Crippen molar-refractivity contribution in [2.45, 2.75) is 24.3 Å². The minimum Gasteiger partial charge on any atom is -0.326 e. The zero-order valence-electron chi connectivity index (χ0n) is 9.56. The van der Waals surface area contributed by atoms with E-state index in [9.17, 15) is 12.8 Å². The summed E-state index contributed by atoms with van der Waals surface area (Å²) >= 11 is 0. The van der Waals surface area contributed by atoms with Gasteiger partial charge < -0.3 is 5.73 Å². The molecular weight excluding hydrogens is 243 g/mol. The molecule has 0 aliphatic carbocycles. The van der Waals surface area contributed by atoms with Crippen molar-refractivity contribution in [3.8, 4) is 0 Å². The van der Waals surface area contributed by atoms with E-state index in [0.29, 0.717) is 25.1 Å². The fourth-order valence-corrected chi connectivity index (χ4v) is 3.50. The maximum atomic E-state index is 13.1. The number of nitrogens with zero attached hydrogens (tertiary/aromatic N) is 1. The predicted molar refractivity (Wildman–Crippen MR) is 62.5 cm³/mol. The summed E-state index contributed by atoms with van der Waals surface area (Å²) in [5.41, 5.74) is 6.02. The second-order valence-electron chi connectivity index (χ2n) is 4.32. The Kier molecular flexibility index (Phi) is 3.20. The molecule has 0 saturated carbocycles. The first-order valence-electron chi connectivity index (χ1n) is 5.43. The first-order chi connectivity index (χ1) is 7.91. The lowest BCUT2D eigenvalue weighted by Crippen LogP contribution is -2.32. The molecule has 6 heteroatoms. The van der Waals surface area contributed by atoms with Gasteiger partial charge in [-0.2, -0.15) is 4.31 Å². The van der Waals surface area contributed by atoms with Gasteiger partial charge in [0.15, 0.2) is 0 Å². The summed E-state index contributed by atoms with van der Waals surface area (Å²) in [4.78, 5) is 0.130. The van der Waals surface area contributed by atoms with Gasteiger partial charge >= 0.3 is 0 Å². The van der Waals surface area contributed by atoms with Gasteiger partial charge in [-0.15, -0.1) is 0 Å². The summed E-state index contributed by atoms with van der Waals surface area (Å²) in [6, 6.07) is 3.72. The molecule has 0 radical (unpaired) electrons. The van der Waals surface area contributed by atoms with E-state index in [1.165, 1.54) is 22.5 Å². The van der Waals surface area contributed by atoms with E-state index in [1.54, 1.807) is 6.92 Å². The molecule has 0 spiro atoms. The molecule has 1 heterocycles. The SMILES string of the molecule is Cc1cc(S(=O)(=O)N2CC[C@@H](N)C2)ccc1F. The number of sulfonamides is 1. The molecule has 1 aliphatic heterocycles. The average molecular weight is 258 g/mol. The zero-order valence-corrected chi connectivity index (χ0v) is 10.4. The summed E-state index contributed by atoms with van der Waals surface area (Å²) in [7, 11) is -3.52. The highest BCUT2D eigenvalue weighted by atomic mass is 32.2. The topological polar surface area (TPSA) is 63.4 Å². The molecule has 1 atom stereocenters. The van der Waals surface area contributed by atoms with Crippen molar-refractivity contribution in [1.82, 2.24) is 4.31 Å². The molecule has 1 aromatic rings. The molecule has 0 unspecified atom stereocenters. The molecule has 1 aliphatic rings. The molecule has 1 saturated heterocycles. The lowest BCUT2D eigenvalue weighted by Gasteiger charge is -2.16. The van der Waals surface area contributed by atoms with Gasteiger partial charge in [0.1, 0.15) is 5.82 Å². The maximum absolute atomic E-state index is 13.1. The third-order valence-electron chi connectivity index (χ3n) is 2.95. The molecule has 94 valence electrons. The highest BCUT2D eigenvalue weighted by Gasteiger charge is 2.30. The monoisotopic (exact) mass is 258 g/mol. The van der Waals surface area contributed by atoms with Crippen molar-refractivity contribution < 1.29 is 12.8 Å². The van der Waals surface area contributed by atoms with E-state index < -0.39 is 15.8 Å². The van der Waals surface area contributed by atoms with E-state index in [0.717, 1.165) is 0 Å². The van der Waals surface area contributed by atoms with Crippen LogP contribution in [0.1, 0.15) is 12.0 Å². The maximum Gasteiger partial charge on any atom is 0.243 e. The number of nitrogens with two attached hydrogens (primary N) is 1. The van der Waals surface area contributed by atoms with Gasteiger partial charge in [0.2, 0.25) is 10.0 Å². The van der Waals surface area contributed by atoms with E-state index in [2.05, 4.69) is 0 Å². The van der Waals surface area contributed by atoms with Crippen LogP contribution in [0.3, 0.4) is 0 Å². The second kappa shape index (κ2) is 4.36. The largest absolute Gasteiger partial charge is 0.326 e. The van der Waals surface area contributed by atoms with Crippen LogP contribution in [-0.4, -0.2) is 31.9 Å². The normalized spacial score (nSPS) is 21.9. The summed E-state index contributed by atoms with van der Waals surface area (Å²) in [5.74, 6) is -0.401. The Morgan fingerprint density at radius 1 is 1.47 bits per heavy atom. The molecule has 0 amide bonds. The molecule has 17 heavy (non-hydrogen) atoms. The Labute approximate surface area is 100 Å². The molecular formula is C11H15FN2O2S. The quantitative estimate of drug-likeness (QED) is 0.855. The zero-order chi connectivity index (χ0) is 12.6. The molecule has 0 bridgehead atoms. The Morgan fingerprint density at radius 2 is 2.18 bits per heavy atom. The second-order valence-corrected chi connectivity index (χ2v) is 6.26. The molecule has 0 aromatic heterocycles. The van der Waals surface area contributed by atoms with Crippen molar-refractivity contribution >= 4 is 10.0 Å². The minimum absolute atomic E-state index is 0.105. The summed E-state index contributed by atoms with van der Waals surface area (Å²) < 4.78 is 38.8. The Bertz CT molecular complexity index is 530. The standard InChI is InChI=1S/C11H15FN2O2S/c1-8-6-10(2-3-11(8)12)17(15,16)14-5-4-9(13)7-14/h2-3,6,9H,4-5,7,13H2,1H3/t9-/m1/s1. The first kappa shape index (κ1) is 12.5. The van der Waals surface area contributed by atoms with Crippen LogP contribution in [-0.2, 0) is 10.0 Å². The van der Waals surface area contributed by atoms with Gasteiger partial charge in [0.05, 0.1) is 4.90 Å². The third-order valence-corrected chi connectivity index (χ3v) is 4.82. The van der Waals surface area contributed by atoms with Crippen molar-refractivity contribution in [2.24, 2.45) is 5.73 Å². The lowest BCUT2D eigenvalue weighted by atomic mass is 10.2. The van der Waals surface area contributed by atoms with Gasteiger partial charge in [-0.25, -0.2) is 12.8 Å². The van der Waals surface area contributed by atoms with Crippen LogP contribution in [0.15, 0.2) is 23.1 Å². The van der Waals surface area contributed by atoms with Crippen LogP contribution in [0.4, 0.5) is 4.39 Å². The van der Waals surface area contributed by atoms with E-state index in [1.807, 2.05) is 0 Å². The van der Waals surface area contributed by atoms with Gasteiger partial charge in [0.25, 0.3) is 0 Å². The van der Waals surface area contributed by atoms with Crippen LogP contribution in [0.5, 0.6) is 0 Å². The average Bonchev–Trinajstić information content (AvgIpc) is 2.69. The predicted octanol–water partition coefficient (Wildman–Crippen LogP) is 0.856. The Morgan fingerprint density at radius 3 is 2.71 bits per heavy atom. The van der Waals surface area contributed by atoms with Crippen molar-refractivity contribution in [2.75, 3.05) is 13.1 Å². The molecule has 1 fully saturated rings. The fraction of sp³-hybridized carbons (Fsp3) is 0.455. The van der Waals surface area contributed by atoms with Crippen molar-refractivity contribution in [3.05, 3.63) is 29.6 Å². The Hall–Kier alpha value is -0.980. The molecule has 2 rings (SSSR count). The number of rotatable bonds is 2. The number of halogens is 1. The van der Waals surface area contributed by atoms with Crippen molar-refractivity contribution in [1.29, 1.82) is 0 Å². The Balaban J connectivity index is 2.35. The van der Waals surface area contributed by atoms with Crippen LogP contribution in [0.2, 0.25) is 0 Å². The molecule has 4 nitrogen and oxygen atoms in total. The molecule has 2 N–H and O–H groups in total. The van der Waals surface area contributed by atoms with E-state index in [-0.39, 0.29) is 10.9 Å². The summed E-state index contributed by atoms with van der Waals surface area (Å²) in [6.45, 7) is 2.31. The van der Waals surface area contributed by atoms with Crippen molar-refractivity contribution in [3.63, 3.8) is 0 Å². The highest BCUT2D eigenvalue weighted by molar-refractivity contribution is 7.89. The van der Waals surface area contributed by atoms with Crippen LogP contribution in [0.25, 0.3) is 0 Å². The van der Waals surface area contributed by atoms with Crippen LogP contribution < -0.4 is 5.73 Å². The van der Waals surface area contributed by atoms with E-state index in [4.69, 9.17) is 5.73 Å². The van der Waals surface area contributed by atoms with Gasteiger partial charge in [-0.1, -0.05) is 0 Å². The minimum atomic E-state index is -3.52. The van der Waals surface area contributed by atoms with Gasteiger partial charge in [-0.3, -0.25) is 0 Å². The van der Waals surface area contributed by atoms with Gasteiger partial charge in [0, 0.05) is 19.1 Å². The van der Waals surface area contributed by atoms with E-state index >= 15 is 0 Å². The highest BCUT2D eigenvalue weighted by Crippen LogP contribution is 2.22. The fourth-order valence-electron chi connectivity index (χ4n) is 1.90. The van der Waals surface area contributed by atoms with Gasteiger partial charge in [-0.05, 0) is 37.1 Å². The van der Waals surface area contributed by atoms with Crippen LogP contribution in [0, 0.1) is 12.7 Å². The number of benzene rings is 1. The number of hydrogen-bond donors (Lipinski definition) is 1. The first-order valence-corrected chi connectivity index (χ1v) is 6.87. The summed E-state index contributed by atoms with van der Waals surface area (Å²) in [5, 5.41) is 0. The smallest absolute Gasteiger partial charge is 0.243 e. The van der Waals surface area contributed by atoms with Crippen LogP contribution >= 0.6 is 0 Å². The number of hydrogen-bond acceptors (Lipinski definition) is 3. The number of aryl methyl sites for hydroxylation is 1. The lowest BCUT2D eigenvalue weighted by molar-refractivity contribution is 0.472. The third kappa shape index (κ3) is 2.34. The summed E-state index contributed by atoms with van der Waals surface area (Å²) in [6.07, 6.45) is 0.666. The molecule has 1 aromatic carbocycles.